The number of benzene rings is 1. The maximum absolute atomic E-state index is 12.6. The molecule has 0 atom stereocenters. The van der Waals surface area contributed by atoms with E-state index in [-0.39, 0.29) is 5.91 Å². The Labute approximate surface area is 158 Å². The topological polar surface area (TPSA) is 67.8 Å². The molecular weight excluding hydrogens is 364 g/mol. The van der Waals surface area contributed by atoms with E-state index in [2.05, 4.69) is 20.3 Å². The van der Waals surface area contributed by atoms with Crippen LogP contribution in [0.15, 0.2) is 36.5 Å². The predicted molar refractivity (Wildman–Crippen MR) is 107 cm³/mol. The van der Waals surface area contributed by atoms with Crippen LogP contribution in [0.1, 0.15) is 25.9 Å². The zero-order chi connectivity index (χ0) is 18.3. The molecule has 0 fully saturated rings. The van der Waals surface area contributed by atoms with Crippen LogP contribution in [-0.2, 0) is 0 Å². The summed E-state index contributed by atoms with van der Waals surface area (Å²) in [5.74, 6) is -0.126. The summed E-state index contributed by atoms with van der Waals surface area (Å²) in [5, 5.41) is 4.81. The summed E-state index contributed by atoms with van der Waals surface area (Å²) in [6, 6.07) is 9.70. The molecule has 0 aliphatic rings. The van der Waals surface area contributed by atoms with Gasteiger partial charge < -0.3 is 5.32 Å². The first-order valence-electron chi connectivity index (χ1n) is 8.10. The van der Waals surface area contributed by atoms with E-state index in [0.717, 1.165) is 42.9 Å². The molecule has 1 aromatic carbocycles. The fourth-order valence-electron chi connectivity index (χ4n) is 2.81. The third kappa shape index (κ3) is 3.00. The standard InChI is InChI=1S/C19H16N4OS2/c1-10-13(18-23-15-8-5-9-20-19(15)26-18)6-4-7-14(10)22-17(24)16-11(2)21-12(3)25-16/h4-9H,1-3H3,(H,22,24). The molecule has 5 nitrogen and oxygen atoms in total. The maximum Gasteiger partial charge on any atom is 0.267 e. The minimum atomic E-state index is -0.126. The third-order valence-electron chi connectivity index (χ3n) is 4.09. The molecule has 0 saturated heterocycles. The van der Waals surface area contributed by atoms with Crippen molar-refractivity contribution in [3.63, 3.8) is 0 Å². The van der Waals surface area contributed by atoms with Crippen molar-refractivity contribution >= 4 is 44.6 Å². The molecule has 0 saturated carbocycles. The number of rotatable bonds is 3. The summed E-state index contributed by atoms with van der Waals surface area (Å²) in [7, 11) is 0. The Morgan fingerprint density at radius 2 is 1.88 bits per heavy atom. The van der Waals surface area contributed by atoms with Crippen molar-refractivity contribution in [2.45, 2.75) is 20.8 Å². The van der Waals surface area contributed by atoms with Gasteiger partial charge in [-0.2, -0.15) is 0 Å². The molecule has 0 spiro atoms. The van der Waals surface area contributed by atoms with Gasteiger partial charge in [0, 0.05) is 17.4 Å². The number of pyridine rings is 1. The Bertz CT molecular complexity index is 1100. The van der Waals surface area contributed by atoms with E-state index in [0.29, 0.717) is 4.88 Å². The summed E-state index contributed by atoms with van der Waals surface area (Å²) in [6.45, 7) is 5.76. The highest BCUT2D eigenvalue weighted by atomic mass is 32.1. The lowest BCUT2D eigenvalue weighted by Gasteiger charge is -2.10. The monoisotopic (exact) mass is 380 g/mol. The van der Waals surface area contributed by atoms with E-state index >= 15 is 0 Å². The van der Waals surface area contributed by atoms with Crippen molar-refractivity contribution in [3.8, 4) is 10.6 Å². The molecule has 1 amide bonds. The van der Waals surface area contributed by atoms with Gasteiger partial charge in [-0.1, -0.05) is 23.5 Å². The van der Waals surface area contributed by atoms with Gasteiger partial charge in [0.15, 0.2) is 0 Å². The van der Waals surface area contributed by atoms with E-state index in [9.17, 15) is 4.79 Å². The van der Waals surface area contributed by atoms with Crippen molar-refractivity contribution in [1.29, 1.82) is 0 Å². The van der Waals surface area contributed by atoms with Crippen LogP contribution in [0.3, 0.4) is 0 Å². The Hall–Kier alpha value is -2.64. The van der Waals surface area contributed by atoms with Crippen molar-refractivity contribution in [3.05, 3.63) is 57.7 Å². The van der Waals surface area contributed by atoms with Crippen LogP contribution in [0.4, 0.5) is 5.69 Å². The number of hydrogen-bond acceptors (Lipinski definition) is 6. The van der Waals surface area contributed by atoms with Gasteiger partial charge in [0.1, 0.15) is 20.2 Å². The summed E-state index contributed by atoms with van der Waals surface area (Å²) >= 11 is 2.96. The fourth-order valence-corrected chi connectivity index (χ4v) is 4.61. The lowest BCUT2D eigenvalue weighted by molar-refractivity contribution is 0.102. The molecule has 7 heteroatoms. The molecule has 0 radical (unpaired) electrons. The van der Waals surface area contributed by atoms with Gasteiger partial charge in [-0.15, -0.1) is 11.3 Å². The summed E-state index contributed by atoms with van der Waals surface area (Å²) in [5.41, 5.74) is 4.42. The normalized spacial score (nSPS) is 11.0. The lowest BCUT2D eigenvalue weighted by Crippen LogP contribution is -2.12. The molecular formula is C19H16N4OS2. The number of amides is 1. The number of carbonyl (C=O) groups is 1. The smallest absolute Gasteiger partial charge is 0.267 e. The van der Waals surface area contributed by atoms with Crippen molar-refractivity contribution < 1.29 is 4.79 Å². The Morgan fingerprint density at radius 3 is 2.62 bits per heavy atom. The van der Waals surface area contributed by atoms with Gasteiger partial charge in [0.25, 0.3) is 5.91 Å². The second kappa shape index (κ2) is 6.59. The Morgan fingerprint density at radius 1 is 1.04 bits per heavy atom. The molecule has 0 bridgehead atoms. The molecule has 0 unspecified atom stereocenters. The fraction of sp³-hybridized carbons (Fsp3) is 0.158. The number of nitrogens with one attached hydrogen (secondary N) is 1. The van der Waals surface area contributed by atoms with Crippen LogP contribution in [-0.4, -0.2) is 20.9 Å². The minimum Gasteiger partial charge on any atom is -0.321 e. The summed E-state index contributed by atoms with van der Waals surface area (Å²) in [6.07, 6.45) is 1.77. The van der Waals surface area contributed by atoms with Crippen LogP contribution >= 0.6 is 22.7 Å². The molecule has 1 N–H and O–H groups in total. The van der Waals surface area contributed by atoms with Crippen LogP contribution < -0.4 is 5.32 Å². The van der Waals surface area contributed by atoms with Gasteiger partial charge in [-0.25, -0.2) is 15.0 Å². The number of anilines is 1. The Kier molecular flexibility index (Phi) is 4.26. The second-order valence-corrected chi connectivity index (χ2v) is 8.11. The van der Waals surface area contributed by atoms with Gasteiger partial charge in [-0.05, 0) is 44.5 Å². The number of aryl methyl sites for hydroxylation is 2. The first-order valence-corrected chi connectivity index (χ1v) is 9.73. The van der Waals surface area contributed by atoms with Crippen LogP contribution in [0.2, 0.25) is 0 Å². The van der Waals surface area contributed by atoms with Crippen LogP contribution in [0.5, 0.6) is 0 Å². The second-order valence-electron chi connectivity index (χ2n) is 5.93. The van der Waals surface area contributed by atoms with Gasteiger partial charge >= 0.3 is 0 Å². The zero-order valence-corrected chi connectivity index (χ0v) is 16.2. The number of carbonyl (C=O) groups excluding carboxylic acids is 1. The molecule has 4 aromatic rings. The third-order valence-corrected chi connectivity index (χ3v) is 6.17. The van der Waals surface area contributed by atoms with E-state index in [1.807, 2.05) is 51.1 Å². The van der Waals surface area contributed by atoms with Crippen molar-refractivity contribution in [1.82, 2.24) is 15.0 Å². The van der Waals surface area contributed by atoms with Gasteiger partial charge in [0.2, 0.25) is 0 Å². The molecule has 130 valence electrons. The maximum atomic E-state index is 12.6. The number of fused-ring (bicyclic) bond motifs is 1. The molecule has 0 aliphatic heterocycles. The minimum absolute atomic E-state index is 0.126. The van der Waals surface area contributed by atoms with E-state index in [1.165, 1.54) is 11.3 Å². The van der Waals surface area contributed by atoms with Crippen LogP contribution in [0, 0.1) is 20.8 Å². The van der Waals surface area contributed by atoms with Crippen molar-refractivity contribution in [2.24, 2.45) is 0 Å². The quantitative estimate of drug-likeness (QED) is 0.543. The summed E-state index contributed by atoms with van der Waals surface area (Å²) < 4.78 is 0. The molecule has 26 heavy (non-hydrogen) atoms. The first-order chi connectivity index (χ1) is 12.5. The van der Waals surface area contributed by atoms with E-state index in [1.54, 1.807) is 17.5 Å². The highest BCUT2D eigenvalue weighted by Gasteiger charge is 2.17. The Balaban J connectivity index is 1.69. The molecule has 3 aromatic heterocycles. The zero-order valence-electron chi connectivity index (χ0n) is 14.5. The van der Waals surface area contributed by atoms with Crippen LogP contribution in [0.25, 0.3) is 20.9 Å². The van der Waals surface area contributed by atoms with Gasteiger partial charge in [-0.3, -0.25) is 4.79 Å². The molecule has 3 heterocycles. The predicted octanol–water partition coefficient (Wildman–Crippen LogP) is 4.99. The first kappa shape index (κ1) is 16.8. The number of nitrogens with zero attached hydrogens (tertiary/aromatic N) is 3. The number of thiazole rings is 2. The van der Waals surface area contributed by atoms with E-state index in [4.69, 9.17) is 0 Å². The highest BCUT2D eigenvalue weighted by Crippen LogP contribution is 2.34. The average Bonchev–Trinajstić information content (AvgIpc) is 3.19. The van der Waals surface area contributed by atoms with E-state index < -0.39 is 0 Å². The highest BCUT2D eigenvalue weighted by molar-refractivity contribution is 7.21. The number of hydrogen-bond donors (Lipinski definition) is 1. The molecule has 4 rings (SSSR count). The average molecular weight is 380 g/mol. The molecule has 0 aliphatic carbocycles. The largest absolute Gasteiger partial charge is 0.321 e. The SMILES string of the molecule is Cc1nc(C)c(C(=O)Nc2cccc(-c3nc4cccnc4s3)c2C)s1. The lowest BCUT2D eigenvalue weighted by atomic mass is 10.1. The number of aromatic nitrogens is 3. The van der Waals surface area contributed by atoms with Gasteiger partial charge in [0.05, 0.1) is 10.7 Å². The summed E-state index contributed by atoms with van der Waals surface area (Å²) in [4.78, 5) is 27.5. The van der Waals surface area contributed by atoms with Crippen molar-refractivity contribution in [2.75, 3.05) is 5.32 Å².